The molecule has 1 rings (SSSR count). The van der Waals surface area contributed by atoms with Crippen LogP contribution >= 0.6 is 0 Å². The highest BCUT2D eigenvalue weighted by Crippen LogP contribution is 2.15. The molecule has 0 aliphatic carbocycles. The van der Waals surface area contributed by atoms with Gasteiger partial charge in [-0.05, 0) is 13.0 Å². The summed E-state index contributed by atoms with van der Waals surface area (Å²) in [6.45, 7) is 1.65. The van der Waals surface area contributed by atoms with E-state index in [1.165, 1.54) is 0 Å². The van der Waals surface area contributed by atoms with Crippen LogP contribution in [0.3, 0.4) is 0 Å². The van der Waals surface area contributed by atoms with Crippen LogP contribution in [0.2, 0.25) is 0 Å². The van der Waals surface area contributed by atoms with Gasteiger partial charge >= 0.3 is 0 Å². The third kappa shape index (κ3) is 3.09. The molecule has 0 aliphatic rings. The number of hydrogen-bond donors (Lipinski definition) is 0. The van der Waals surface area contributed by atoms with Gasteiger partial charge in [0, 0.05) is 31.9 Å². The highest BCUT2D eigenvalue weighted by atomic mass is 19.2. The molecule has 0 aliphatic heterocycles. The average Bonchev–Trinajstić information content (AvgIpc) is 2.22. The zero-order valence-electron chi connectivity index (χ0n) is 9.72. The minimum atomic E-state index is -1.31. The predicted octanol–water partition coefficient (Wildman–Crippen LogP) is 2.75. The van der Waals surface area contributed by atoms with Crippen LogP contribution < -0.4 is 0 Å². The molecule has 0 radical (unpaired) electrons. The van der Waals surface area contributed by atoms with Crippen molar-refractivity contribution >= 4 is 5.78 Å². The normalized spacial score (nSPS) is 11.5. The molecule has 0 atom stereocenters. The molecule has 0 amide bonds. The lowest BCUT2D eigenvalue weighted by molar-refractivity contribution is 0.104. The SMILES string of the molecule is C/C(=C/C(=O)c1cc(F)c(F)cc1F)N(C)C. The summed E-state index contributed by atoms with van der Waals surface area (Å²) >= 11 is 0. The molecule has 5 heteroatoms. The van der Waals surface area contributed by atoms with E-state index in [2.05, 4.69) is 0 Å². The van der Waals surface area contributed by atoms with E-state index in [1.807, 2.05) is 0 Å². The zero-order chi connectivity index (χ0) is 13.2. The lowest BCUT2D eigenvalue weighted by Gasteiger charge is -2.12. The second kappa shape index (κ2) is 5.03. The summed E-state index contributed by atoms with van der Waals surface area (Å²) in [7, 11) is 3.42. The second-order valence-corrected chi connectivity index (χ2v) is 3.79. The van der Waals surface area contributed by atoms with E-state index >= 15 is 0 Å². The maximum Gasteiger partial charge on any atom is 0.190 e. The number of ketones is 1. The summed E-state index contributed by atoms with van der Waals surface area (Å²) < 4.78 is 38.8. The second-order valence-electron chi connectivity index (χ2n) is 3.79. The minimum absolute atomic E-state index is 0.362. The highest BCUT2D eigenvalue weighted by molar-refractivity contribution is 6.05. The van der Waals surface area contributed by atoms with Crippen LogP contribution in [0, 0.1) is 17.5 Å². The fourth-order valence-corrected chi connectivity index (χ4v) is 1.11. The van der Waals surface area contributed by atoms with Crippen LogP contribution in [0.1, 0.15) is 17.3 Å². The Morgan fingerprint density at radius 1 is 1.12 bits per heavy atom. The van der Waals surface area contributed by atoms with Crippen LogP contribution in [0.4, 0.5) is 13.2 Å². The third-order valence-corrected chi connectivity index (χ3v) is 2.32. The first-order chi connectivity index (χ1) is 7.82. The molecule has 92 valence electrons. The molecule has 0 saturated heterocycles. The number of rotatable bonds is 3. The van der Waals surface area contributed by atoms with E-state index in [9.17, 15) is 18.0 Å². The van der Waals surface area contributed by atoms with Crippen molar-refractivity contribution in [2.75, 3.05) is 14.1 Å². The van der Waals surface area contributed by atoms with Crippen molar-refractivity contribution in [3.05, 3.63) is 46.9 Å². The molecule has 0 bridgehead atoms. The first kappa shape index (κ1) is 13.3. The molecular formula is C12H12F3NO. The quantitative estimate of drug-likeness (QED) is 0.462. The Kier molecular flexibility index (Phi) is 3.93. The molecule has 1 aromatic carbocycles. The molecule has 0 fully saturated rings. The first-order valence-corrected chi connectivity index (χ1v) is 4.87. The fraction of sp³-hybridized carbons (Fsp3) is 0.250. The van der Waals surface area contributed by atoms with E-state index < -0.39 is 28.8 Å². The Bertz CT molecular complexity index is 481. The van der Waals surface area contributed by atoms with E-state index in [0.29, 0.717) is 17.8 Å². The summed E-state index contributed by atoms with van der Waals surface area (Å²) in [5.74, 6) is -4.33. The van der Waals surface area contributed by atoms with Crippen LogP contribution in [0.5, 0.6) is 0 Å². The van der Waals surface area contributed by atoms with Gasteiger partial charge in [0.2, 0.25) is 0 Å². The molecule has 0 N–H and O–H groups in total. The van der Waals surface area contributed by atoms with Gasteiger partial charge in [-0.1, -0.05) is 0 Å². The van der Waals surface area contributed by atoms with Crippen molar-refractivity contribution in [3.8, 4) is 0 Å². The van der Waals surface area contributed by atoms with Crippen LogP contribution in [-0.2, 0) is 0 Å². The number of allylic oxidation sites excluding steroid dienone is 2. The summed E-state index contributed by atoms with van der Waals surface area (Å²) in [5.41, 5.74) is 0.101. The monoisotopic (exact) mass is 243 g/mol. The predicted molar refractivity (Wildman–Crippen MR) is 58.1 cm³/mol. The van der Waals surface area contributed by atoms with Gasteiger partial charge in [0.25, 0.3) is 0 Å². The van der Waals surface area contributed by atoms with E-state index in [-0.39, 0.29) is 0 Å². The molecule has 1 aromatic rings. The van der Waals surface area contributed by atoms with Gasteiger partial charge in [-0.3, -0.25) is 4.79 Å². The van der Waals surface area contributed by atoms with Gasteiger partial charge in [0.05, 0.1) is 5.56 Å². The zero-order valence-corrected chi connectivity index (χ0v) is 9.72. The Morgan fingerprint density at radius 2 is 1.65 bits per heavy atom. The molecule has 0 heterocycles. The number of carbonyl (C=O) groups excluding carboxylic acids is 1. The number of benzene rings is 1. The fourth-order valence-electron chi connectivity index (χ4n) is 1.11. The van der Waals surface area contributed by atoms with Gasteiger partial charge in [-0.2, -0.15) is 0 Å². The summed E-state index contributed by atoms with van der Waals surface area (Å²) in [6, 6.07) is 0.924. The maximum atomic E-state index is 13.3. The van der Waals surface area contributed by atoms with E-state index in [4.69, 9.17) is 0 Å². The van der Waals surface area contributed by atoms with Crippen LogP contribution in [-0.4, -0.2) is 24.8 Å². The van der Waals surface area contributed by atoms with Gasteiger partial charge in [-0.25, -0.2) is 13.2 Å². The van der Waals surface area contributed by atoms with E-state index in [0.717, 1.165) is 6.08 Å². The summed E-state index contributed by atoms with van der Waals surface area (Å²) in [5, 5.41) is 0. The Labute approximate surface area is 97.3 Å². The van der Waals surface area contributed by atoms with Crippen LogP contribution in [0.25, 0.3) is 0 Å². The lowest BCUT2D eigenvalue weighted by atomic mass is 10.1. The molecule has 2 nitrogen and oxygen atoms in total. The average molecular weight is 243 g/mol. The standard InChI is InChI=1S/C12H12F3NO/c1-7(16(2)3)4-12(17)8-5-10(14)11(15)6-9(8)13/h4-6H,1-3H3/b7-4-. The third-order valence-electron chi connectivity index (χ3n) is 2.32. The number of nitrogens with zero attached hydrogens (tertiary/aromatic N) is 1. The van der Waals surface area contributed by atoms with Gasteiger partial charge < -0.3 is 4.90 Å². The minimum Gasteiger partial charge on any atom is -0.381 e. The molecule has 0 spiro atoms. The maximum absolute atomic E-state index is 13.3. The van der Waals surface area contributed by atoms with Crippen molar-refractivity contribution in [3.63, 3.8) is 0 Å². The van der Waals surface area contributed by atoms with Crippen molar-refractivity contribution < 1.29 is 18.0 Å². The smallest absolute Gasteiger partial charge is 0.190 e. The summed E-state index contributed by atoms with van der Waals surface area (Å²) in [6.07, 6.45) is 1.16. The Morgan fingerprint density at radius 3 is 2.18 bits per heavy atom. The first-order valence-electron chi connectivity index (χ1n) is 4.87. The van der Waals surface area contributed by atoms with Crippen molar-refractivity contribution in [2.24, 2.45) is 0 Å². The largest absolute Gasteiger partial charge is 0.381 e. The van der Waals surface area contributed by atoms with Crippen LogP contribution in [0.15, 0.2) is 23.9 Å². The summed E-state index contributed by atoms with van der Waals surface area (Å²) in [4.78, 5) is 13.3. The van der Waals surface area contributed by atoms with Gasteiger partial charge in [0.15, 0.2) is 17.4 Å². The van der Waals surface area contributed by atoms with Crippen molar-refractivity contribution in [1.82, 2.24) is 4.90 Å². The molecular weight excluding hydrogens is 231 g/mol. The topological polar surface area (TPSA) is 20.3 Å². The molecule has 17 heavy (non-hydrogen) atoms. The molecule has 0 unspecified atom stereocenters. The number of halogens is 3. The molecule has 0 aromatic heterocycles. The molecule has 0 saturated carbocycles. The highest BCUT2D eigenvalue weighted by Gasteiger charge is 2.15. The van der Waals surface area contributed by atoms with Gasteiger partial charge in [0.1, 0.15) is 5.82 Å². The van der Waals surface area contributed by atoms with E-state index in [1.54, 1.807) is 25.9 Å². The Hall–Kier alpha value is -1.78. The lowest BCUT2D eigenvalue weighted by Crippen LogP contribution is -2.11. The Balaban J connectivity index is 3.14. The number of carbonyl (C=O) groups is 1. The van der Waals surface area contributed by atoms with Gasteiger partial charge in [-0.15, -0.1) is 0 Å². The van der Waals surface area contributed by atoms with Crippen molar-refractivity contribution in [2.45, 2.75) is 6.92 Å². The van der Waals surface area contributed by atoms with Crippen molar-refractivity contribution in [1.29, 1.82) is 0 Å². The number of hydrogen-bond acceptors (Lipinski definition) is 2.